The van der Waals surface area contributed by atoms with E-state index in [4.69, 9.17) is 4.74 Å². The predicted molar refractivity (Wildman–Crippen MR) is 60.8 cm³/mol. The van der Waals surface area contributed by atoms with Gasteiger partial charge in [-0.15, -0.1) is 0 Å². The van der Waals surface area contributed by atoms with Gasteiger partial charge in [0.05, 0.1) is 11.7 Å². The molecule has 2 atom stereocenters. The van der Waals surface area contributed by atoms with Crippen LogP contribution in [0.3, 0.4) is 0 Å². The lowest BCUT2D eigenvalue weighted by Gasteiger charge is -2.43. The van der Waals surface area contributed by atoms with Gasteiger partial charge in [-0.3, -0.25) is 0 Å². The quantitative estimate of drug-likeness (QED) is 0.762. The van der Waals surface area contributed by atoms with E-state index in [1.165, 1.54) is 38.5 Å². The van der Waals surface area contributed by atoms with Crippen LogP contribution >= 0.6 is 0 Å². The van der Waals surface area contributed by atoms with E-state index in [9.17, 15) is 5.11 Å². The SMILES string of the molecule is CC(O)CC1CCOC2(CCCCC2)C1. The van der Waals surface area contributed by atoms with Gasteiger partial charge in [0.15, 0.2) is 0 Å². The Bertz CT molecular complexity index is 189. The van der Waals surface area contributed by atoms with Gasteiger partial charge in [0.25, 0.3) is 0 Å². The monoisotopic (exact) mass is 212 g/mol. The van der Waals surface area contributed by atoms with E-state index in [2.05, 4.69) is 0 Å². The van der Waals surface area contributed by atoms with Crippen LogP contribution in [-0.4, -0.2) is 23.4 Å². The molecule has 0 amide bonds. The molecule has 2 rings (SSSR count). The Morgan fingerprint density at radius 3 is 2.73 bits per heavy atom. The molecule has 0 radical (unpaired) electrons. The first-order valence-electron chi connectivity index (χ1n) is 6.52. The second-order valence-corrected chi connectivity index (χ2v) is 5.54. The normalized spacial score (nSPS) is 32.8. The van der Waals surface area contributed by atoms with Gasteiger partial charge in [-0.05, 0) is 44.9 Å². The molecule has 2 heteroatoms. The standard InChI is InChI=1S/C13H24O2/c1-11(14)9-12-5-8-15-13(10-12)6-3-2-4-7-13/h11-12,14H,2-10H2,1H3. The highest BCUT2D eigenvalue weighted by Gasteiger charge is 2.38. The Hall–Kier alpha value is -0.0800. The van der Waals surface area contributed by atoms with Gasteiger partial charge in [-0.25, -0.2) is 0 Å². The Morgan fingerprint density at radius 2 is 2.07 bits per heavy atom. The third-order valence-corrected chi connectivity index (χ3v) is 4.03. The zero-order valence-corrected chi connectivity index (χ0v) is 9.87. The third-order valence-electron chi connectivity index (χ3n) is 4.03. The molecule has 15 heavy (non-hydrogen) atoms. The highest BCUT2D eigenvalue weighted by molar-refractivity contribution is 4.89. The molecule has 1 N–H and O–H groups in total. The first-order chi connectivity index (χ1) is 7.20. The number of aliphatic hydroxyl groups excluding tert-OH is 1. The van der Waals surface area contributed by atoms with Crippen LogP contribution in [0.2, 0.25) is 0 Å². The van der Waals surface area contributed by atoms with Crippen molar-refractivity contribution in [3.63, 3.8) is 0 Å². The molecule has 0 aromatic heterocycles. The first kappa shape index (κ1) is 11.4. The number of ether oxygens (including phenoxy) is 1. The highest BCUT2D eigenvalue weighted by Crippen LogP contribution is 2.41. The lowest BCUT2D eigenvalue weighted by molar-refractivity contribution is -0.121. The zero-order valence-electron chi connectivity index (χ0n) is 9.87. The Kier molecular flexibility index (Phi) is 3.68. The van der Waals surface area contributed by atoms with Gasteiger partial charge in [0.2, 0.25) is 0 Å². The van der Waals surface area contributed by atoms with E-state index >= 15 is 0 Å². The van der Waals surface area contributed by atoms with Crippen LogP contribution in [0.15, 0.2) is 0 Å². The molecule has 2 aliphatic rings. The molecule has 0 aromatic rings. The molecule has 1 saturated heterocycles. The summed E-state index contributed by atoms with van der Waals surface area (Å²) < 4.78 is 6.04. The zero-order chi connectivity index (χ0) is 10.7. The van der Waals surface area contributed by atoms with Crippen molar-refractivity contribution in [1.29, 1.82) is 0 Å². The van der Waals surface area contributed by atoms with Crippen LogP contribution in [0.1, 0.15) is 58.3 Å². The predicted octanol–water partition coefficient (Wildman–Crippen LogP) is 2.89. The van der Waals surface area contributed by atoms with Crippen molar-refractivity contribution in [2.45, 2.75) is 70.0 Å². The van der Waals surface area contributed by atoms with Crippen molar-refractivity contribution in [3.8, 4) is 0 Å². The van der Waals surface area contributed by atoms with E-state index in [0.29, 0.717) is 5.92 Å². The van der Waals surface area contributed by atoms with Gasteiger partial charge in [-0.1, -0.05) is 19.3 Å². The van der Waals surface area contributed by atoms with E-state index in [1.807, 2.05) is 6.92 Å². The molecule has 1 saturated carbocycles. The number of aliphatic hydroxyl groups is 1. The Balaban J connectivity index is 1.90. The Labute approximate surface area is 93.0 Å². The van der Waals surface area contributed by atoms with Crippen LogP contribution in [0.4, 0.5) is 0 Å². The minimum Gasteiger partial charge on any atom is -0.393 e. The molecule has 0 aromatic carbocycles. The molecule has 1 aliphatic heterocycles. The lowest BCUT2D eigenvalue weighted by Crippen LogP contribution is -2.42. The summed E-state index contributed by atoms with van der Waals surface area (Å²) in [5.74, 6) is 0.692. The van der Waals surface area contributed by atoms with E-state index in [-0.39, 0.29) is 11.7 Å². The van der Waals surface area contributed by atoms with Gasteiger partial charge < -0.3 is 9.84 Å². The molecule has 0 bridgehead atoms. The summed E-state index contributed by atoms with van der Waals surface area (Å²) in [6.07, 6.45) is 9.71. The molecular weight excluding hydrogens is 188 g/mol. The van der Waals surface area contributed by atoms with Gasteiger partial charge in [0, 0.05) is 6.61 Å². The summed E-state index contributed by atoms with van der Waals surface area (Å²) in [6.45, 7) is 2.82. The average molecular weight is 212 g/mol. The maximum Gasteiger partial charge on any atom is 0.0685 e. The average Bonchev–Trinajstić information content (AvgIpc) is 2.17. The van der Waals surface area contributed by atoms with Crippen LogP contribution in [0.5, 0.6) is 0 Å². The summed E-state index contributed by atoms with van der Waals surface area (Å²) in [4.78, 5) is 0. The third kappa shape index (κ3) is 2.94. The molecule has 1 aliphatic carbocycles. The van der Waals surface area contributed by atoms with Crippen LogP contribution < -0.4 is 0 Å². The fourth-order valence-electron chi connectivity index (χ4n) is 3.36. The smallest absolute Gasteiger partial charge is 0.0685 e. The molecule has 88 valence electrons. The molecule has 2 unspecified atom stereocenters. The lowest BCUT2D eigenvalue weighted by atomic mass is 9.75. The van der Waals surface area contributed by atoms with E-state index < -0.39 is 0 Å². The van der Waals surface area contributed by atoms with Crippen molar-refractivity contribution in [2.75, 3.05) is 6.61 Å². The maximum absolute atomic E-state index is 9.45. The fraction of sp³-hybridized carbons (Fsp3) is 1.00. The highest BCUT2D eigenvalue weighted by atomic mass is 16.5. The van der Waals surface area contributed by atoms with Crippen LogP contribution in [-0.2, 0) is 4.74 Å². The van der Waals surface area contributed by atoms with Gasteiger partial charge >= 0.3 is 0 Å². The fourth-order valence-corrected chi connectivity index (χ4v) is 3.36. The van der Waals surface area contributed by atoms with Crippen molar-refractivity contribution < 1.29 is 9.84 Å². The second-order valence-electron chi connectivity index (χ2n) is 5.54. The minimum atomic E-state index is -0.145. The molecule has 2 fully saturated rings. The van der Waals surface area contributed by atoms with E-state index in [0.717, 1.165) is 19.4 Å². The van der Waals surface area contributed by atoms with Crippen molar-refractivity contribution in [2.24, 2.45) is 5.92 Å². The summed E-state index contributed by atoms with van der Waals surface area (Å²) in [7, 11) is 0. The summed E-state index contributed by atoms with van der Waals surface area (Å²) in [5.41, 5.74) is 0.204. The summed E-state index contributed by atoms with van der Waals surface area (Å²) >= 11 is 0. The molecule has 1 spiro atoms. The van der Waals surface area contributed by atoms with Crippen molar-refractivity contribution >= 4 is 0 Å². The summed E-state index contributed by atoms with van der Waals surface area (Å²) in [6, 6.07) is 0. The maximum atomic E-state index is 9.45. The van der Waals surface area contributed by atoms with Gasteiger partial charge in [-0.2, -0.15) is 0 Å². The van der Waals surface area contributed by atoms with Crippen molar-refractivity contribution in [1.82, 2.24) is 0 Å². The van der Waals surface area contributed by atoms with Gasteiger partial charge in [0.1, 0.15) is 0 Å². The molecule has 1 heterocycles. The topological polar surface area (TPSA) is 29.5 Å². The molecule has 2 nitrogen and oxygen atoms in total. The van der Waals surface area contributed by atoms with Crippen LogP contribution in [0.25, 0.3) is 0 Å². The van der Waals surface area contributed by atoms with Crippen molar-refractivity contribution in [3.05, 3.63) is 0 Å². The summed E-state index contributed by atoms with van der Waals surface area (Å²) in [5, 5.41) is 9.45. The van der Waals surface area contributed by atoms with Crippen LogP contribution in [0, 0.1) is 5.92 Å². The largest absolute Gasteiger partial charge is 0.393 e. The van der Waals surface area contributed by atoms with E-state index in [1.54, 1.807) is 0 Å². The number of rotatable bonds is 2. The Morgan fingerprint density at radius 1 is 1.33 bits per heavy atom. The minimum absolute atomic E-state index is 0.145. The number of hydrogen-bond donors (Lipinski definition) is 1. The molecular formula is C13H24O2. The first-order valence-corrected chi connectivity index (χ1v) is 6.52. The second kappa shape index (κ2) is 4.84. The number of hydrogen-bond acceptors (Lipinski definition) is 2.